The highest BCUT2D eigenvalue weighted by Gasteiger charge is 2.04. The number of benzene rings is 1. The number of amides is 1. The molecule has 1 aromatic carbocycles. The van der Waals surface area contributed by atoms with Gasteiger partial charge in [-0.3, -0.25) is 9.59 Å². The first-order valence-electron chi connectivity index (χ1n) is 4.66. The number of hydrogen-bond donors (Lipinski definition) is 2. The van der Waals surface area contributed by atoms with Crippen molar-refractivity contribution in [3.05, 3.63) is 39.6 Å². The molecule has 1 aromatic heterocycles. The highest BCUT2D eigenvalue weighted by molar-refractivity contribution is 6.31. The SMILES string of the molecule is CC(=O)Nc1cc2ccc(Cl)cc2[nH]c1=O. The van der Waals surface area contributed by atoms with Gasteiger partial charge in [-0.15, -0.1) is 0 Å². The van der Waals surface area contributed by atoms with E-state index in [2.05, 4.69) is 10.3 Å². The molecule has 1 amide bonds. The summed E-state index contributed by atoms with van der Waals surface area (Å²) in [7, 11) is 0. The fourth-order valence-corrected chi connectivity index (χ4v) is 1.63. The van der Waals surface area contributed by atoms with Crippen molar-refractivity contribution in [3.8, 4) is 0 Å². The quantitative estimate of drug-likeness (QED) is 0.797. The number of carbonyl (C=O) groups excluding carboxylic acids is 1. The summed E-state index contributed by atoms with van der Waals surface area (Å²) < 4.78 is 0. The molecular formula is C11H9ClN2O2. The Labute approximate surface area is 96.2 Å². The van der Waals surface area contributed by atoms with E-state index in [-0.39, 0.29) is 17.2 Å². The molecule has 4 nitrogen and oxygen atoms in total. The molecule has 0 unspecified atom stereocenters. The van der Waals surface area contributed by atoms with Crippen molar-refractivity contribution in [3.63, 3.8) is 0 Å². The normalized spacial score (nSPS) is 10.4. The van der Waals surface area contributed by atoms with E-state index in [1.54, 1.807) is 24.3 Å². The summed E-state index contributed by atoms with van der Waals surface area (Å²) in [5, 5.41) is 3.83. The van der Waals surface area contributed by atoms with E-state index >= 15 is 0 Å². The summed E-state index contributed by atoms with van der Waals surface area (Å²) >= 11 is 5.80. The lowest BCUT2D eigenvalue weighted by molar-refractivity contribution is -0.114. The van der Waals surface area contributed by atoms with E-state index in [0.717, 1.165) is 5.39 Å². The molecule has 0 spiro atoms. The Balaban J connectivity index is 2.63. The van der Waals surface area contributed by atoms with Crippen LogP contribution in [0.4, 0.5) is 5.69 Å². The third-order valence-corrected chi connectivity index (χ3v) is 2.35. The Hall–Kier alpha value is -1.81. The van der Waals surface area contributed by atoms with Crippen LogP contribution in [0.3, 0.4) is 0 Å². The first kappa shape index (κ1) is 10.7. The van der Waals surface area contributed by atoms with Crippen molar-refractivity contribution in [1.82, 2.24) is 4.98 Å². The smallest absolute Gasteiger partial charge is 0.272 e. The van der Waals surface area contributed by atoms with E-state index in [1.807, 2.05) is 0 Å². The van der Waals surface area contributed by atoms with Gasteiger partial charge in [0.2, 0.25) is 5.91 Å². The minimum Gasteiger partial charge on any atom is -0.322 e. The van der Waals surface area contributed by atoms with Gasteiger partial charge in [0.25, 0.3) is 5.56 Å². The molecule has 2 aromatic rings. The molecule has 0 aliphatic heterocycles. The van der Waals surface area contributed by atoms with Crippen LogP contribution in [0.25, 0.3) is 10.9 Å². The Morgan fingerprint density at radius 3 is 2.81 bits per heavy atom. The Kier molecular flexibility index (Phi) is 2.66. The topological polar surface area (TPSA) is 62.0 Å². The lowest BCUT2D eigenvalue weighted by Crippen LogP contribution is -2.17. The second-order valence-corrected chi connectivity index (χ2v) is 3.86. The summed E-state index contributed by atoms with van der Waals surface area (Å²) in [5.74, 6) is -0.279. The van der Waals surface area contributed by atoms with Gasteiger partial charge in [-0.05, 0) is 18.2 Å². The van der Waals surface area contributed by atoms with Crippen molar-refractivity contribution in [2.75, 3.05) is 5.32 Å². The first-order valence-corrected chi connectivity index (χ1v) is 5.04. The van der Waals surface area contributed by atoms with E-state index < -0.39 is 0 Å². The Morgan fingerprint density at radius 2 is 2.12 bits per heavy atom. The number of halogens is 1. The summed E-state index contributed by atoms with van der Waals surface area (Å²) in [5.41, 5.74) is 0.541. The number of rotatable bonds is 1. The number of carbonyl (C=O) groups is 1. The van der Waals surface area contributed by atoms with Crippen LogP contribution in [0.5, 0.6) is 0 Å². The number of aromatic amines is 1. The van der Waals surface area contributed by atoms with Crippen LogP contribution >= 0.6 is 11.6 Å². The van der Waals surface area contributed by atoms with Crippen molar-refractivity contribution in [1.29, 1.82) is 0 Å². The largest absolute Gasteiger partial charge is 0.322 e. The van der Waals surface area contributed by atoms with Crippen LogP contribution in [0.1, 0.15) is 6.92 Å². The van der Waals surface area contributed by atoms with Crippen LogP contribution in [0.2, 0.25) is 5.02 Å². The fraction of sp³-hybridized carbons (Fsp3) is 0.0909. The molecule has 0 aliphatic carbocycles. The average molecular weight is 237 g/mol. The first-order chi connectivity index (χ1) is 7.56. The number of H-pyrrole nitrogens is 1. The Bertz CT molecular complexity index is 619. The third-order valence-electron chi connectivity index (χ3n) is 2.12. The van der Waals surface area contributed by atoms with Gasteiger partial charge >= 0.3 is 0 Å². The summed E-state index contributed by atoms with van der Waals surface area (Å²) in [6.07, 6.45) is 0. The summed E-state index contributed by atoms with van der Waals surface area (Å²) in [6, 6.07) is 6.78. The molecule has 1 heterocycles. The fourth-order valence-electron chi connectivity index (χ4n) is 1.46. The second kappa shape index (κ2) is 3.98. The number of nitrogens with one attached hydrogen (secondary N) is 2. The molecule has 0 bridgehead atoms. The highest BCUT2D eigenvalue weighted by Crippen LogP contribution is 2.18. The molecule has 5 heteroatoms. The molecule has 0 fully saturated rings. The Morgan fingerprint density at radius 1 is 1.38 bits per heavy atom. The molecule has 0 aliphatic rings. The monoisotopic (exact) mass is 236 g/mol. The molecule has 82 valence electrons. The van der Waals surface area contributed by atoms with Crippen molar-refractivity contribution in [2.45, 2.75) is 6.92 Å². The lowest BCUT2D eigenvalue weighted by Gasteiger charge is -2.03. The van der Waals surface area contributed by atoms with Gasteiger partial charge in [-0.2, -0.15) is 0 Å². The molecule has 0 radical (unpaired) electrons. The zero-order valence-electron chi connectivity index (χ0n) is 8.50. The van der Waals surface area contributed by atoms with Crippen LogP contribution in [-0.2, 0) is 4.79 Å². The molecule has 0 saturated carbocycles. The van der Waals surface area contributed by atoms with Gasteiger partial charge in [0.05, 0.1) is 0 Å². The second-order valence-electron chi connectivity index (χ2n) is 3.42. The summed E-state index contributed by atoms with van der Waals surface area (Å²) in [4.78, 5) is 25.1. The molecular weight excluding hydrogens is 228 g/mol. The van der Waals surface area contributed by atoms with E-state index in [1.165, 1.54) is 6.92 Å². The van der Waals surface area contributed by atoms with E-state index in [0.29, 0.717) is 10.5 Å². The van der Waals surface area contributed by atoms with Gasteiger partial charge in [-0.25, -0.2) is 0 Å². The van der Waals surface area contributed by atoms with Crippen molar-refractivity contribution in [2.24, 2.45) is 0 Å². The number of anilines is 1. The van der Waals surface area contributed by atoms with Crippen LogP contribution in [0.15, 0.2) is 29.1 Å². The predicted octanol–water partition coefficient (Wildman–Crippen LogP) is 2.14. The summed E-state index contributed by atoms with van der Waals surface area (Å²) in [6.45, 7) is 1.35. The molecule has 0 atom stereocenters. The van der Waals surface area contributed by atoms with Crippen molar-refractivity contribution < 1.29 is 4.79 Å². The minimum absolute atomic E-state index is 0.238. The predicted molar refractivity (Wildman–Crippen MR) is 63.9 cm³/mol. The van der Waals surface area contributed by atoms with Gasteiger partial charge in [0.15, 0.2) is 0 Å². The average Bonchev–Trinajstić information content (AvgIpc) is 2.19. The lowest BCUT2D eigenvalue weighted by atomic mass is 10.2. The van der Waals surface area contributed by atoms with Crippen LogP contribution in [-0.4, -0.2) is 10.9 Å². The third kappa shape index (κ3) is 2.06. The molecule has 2 N–H and O–H groups in total. The van der Waals surface area contributed by atoms with Crippen molar-refractivity contribution >= 4 is 34.1 Å². The molecule has 2 rings (SSSR count). The van der Waals surface area contributed by atoms with E-state index in [4.69, 9.17) is 11.6 Å². The van der Waals surface area contributed by atoms with Gasteiger partial charge < -0.3 is 10.3 Å². The van der Waals surface area contributed by atoms with E-state index in [9.17, 15) is 9.59 Å². The number of pyridine rings is 1. The number of aromatic nitrogens is 1. The zero-order valence-corrected chi connectivity index (χ0v) is 9.26. The van der Waals surface area contributed by atoms with Gasteiger partial charge in [0.1, 0.15) is 5.69 Å². The maximum absolute atomic E-state index is 11.6. The zero-order chi connectivity index (χ0) is 11.7. The maximum atomic E-state index is 11.6. The van der Waals surface area contributed by atoms with Crippen LogP contribution < -0.4 is 10.9 Å². The van der Waals surface area contributed by atoms with Gasteiger partial charge in [0, 0.05) is 22.8 Å². The van der Waals surface area contributed by atoms with Crippen LogP contribution in [0, 0.1) is 0 Å². The standard InChI is InChI=1S/C11H9ClN2O2/c1-6(15)13-10-4-7-2-3-8(12)5-9(7)14-11(10)16/h2-5H,1H3,(H,13,15)(H,14,16). The number of fused-ring (bicyclic) bond motifs is 1. The maximum Gasteiger partial charge on any atom is 0.272 e. The molecule has 0 saturated heterocycles. The number of hydrogen-bond acceptors (Lipinski definition) is 2. The minimum atomic E-state index is -0.343. The van der Waals surface area contributed by atoms with Gasteiger partial charge in [-0.1, -0.05) is 17.7 Å². The highest BCUT2D eigenvalue weighted by atomic mass is 35.5. The molecule has 16 heavy (non-hydrogen) atoms.